The Labute approximate surface area is 89.1 Å². The summed E-state index contributed by atoms with van der Waals surface area (Å²) in [6.45, 7) is 2.06. The van der Waals surface area contributed by atoms with E-state index in [1.807, 2.05) is 24.3 Å². The molecule has 0 aromatic heterocycles. The van der Waals surface area contributed by atoms with Gasteiger partial charge in [0.1, 0.15) is 5.75 Å². The molecule has 2 nitrogen and oxygen atoms in total. The van der Waals surface area contributed by atoms with Crippen LogP contribution < -0.4 is 4.74 Å². The maximum absolute atomic E-state index is 9.34. The van der Waals surface area contributed by atoms with E-state index in [-0.39, 0.29) is 6.61 Å². The van der Waals surface area contributed by atoms with Crippen molar-refractivity contribution in [1.82, 2.24) is 0 Å². The molecule has 0 saturated carbocycles. The van der Waals surface area contributed by atoms with Crippen LogP contribution in [-0.4, -0.2) is 12.2 Å². The molecule has 2 aromatic rings. The average molecular weight is 202 g/mol. The predicted octanol–water partition coefficient (Wildman–Crippen LogP) is 2.65. The van der Waals surface area contributed by atoms with Gasteiger partial charge in [0.25, 0.3) is 0 Å². The molecule has 0 radical (unpaired) electrons. The van der Waals surface area contributed by atoms with Crippen molar-refractivity contribution >= 4 is 10.8 Å². The first-order valence-corrected chi connectivity index (χ1v) is 4.93. The van der Waals surface area contributed by atoms with Gasteiger partial charge in [-0.1, -0.05) is 29.8 Å². The van der Waals surface area contributed by atoms with Gasteiger partial charge in [-0.2, -0.15) is 0 Å². The largest absolute Gasteiger partial charge is 0.496 e. The second-order valence-corrected chi connectivity index (χ2v) is 3.63. The summed E-state index contributed by atoms with van der Waals surface area (Å²) in [6, 6.07) is 10.1. The van der Waals surface area contributed by atoms with Crippen LogP contribution in [0, 0.1) is 6.92 Å². The van der Waals surface area contributed by atoms with Gasteiger partial charge in [-0.25, -0.2) is 0 Å². The Morgan fingerprint density at radius 1 is 1.20 bits per heavy atom. The van der Waals surface area contributed by atoms with Gasteiger partial charge in [0.2, 0.25) is 0 Å². The number of benzene rings is 2. The van der Waals surface area contributed by atoms with E-state index in [4.69, 9.17) is 4.74 Å². The maximum Gasteiger partial charge on any atom is 0.125 e. The number of ether oxygens (including phenoxy) is 1. The standard InChI is InChI=1S/C13H14O2/c1-9-3-5-11-10(7-9)4-6-13(15-2)12(11)8-14/h3-7,14H,8H2,1-2H3. The lowest BCUT2D eigenvalue weighted by Gasteiger charge is -2.10. The molecule has 0 fully saturated rings. The van der Waals surface area contributed by atoms with Gasteiger partial charge in [-0.05, 0) is 23.8 Å². The summed E-state index contributed by atoms with van der Waals surface area (Å²) in [7, 11) is 1.62. The lowest BCUT2D eigenvalue weighted by molar-refractivity contribution is 0.275. The zero-order valence-corrected chi connectivity index (χ0v) is 8.95. The first-order chi connectivity index (χ1) is 7.26. The number of methoxy groups -OCH3 is 1. The highest BCUT2D eigenvalue weighted by molar-refractivity contribution is 5.88. The van der Waals surface area contributed by atoms with Gasteiger partial charge in [-0.15, -0.1) is 0 Å². The molecular formula is C13H14O2. The van der Waals surface area contributed by atoms with E-state index in [9.17, 15) is 5.11 Å². The Hall–Kier alpha value is -1.54. The summed E-state index contributed by atoms with van der Waals surface area (Å²) in [5, 5.41) is 11.5. The SMILES string of the molecule is COc1ccc2cc(C)ccc2c1CO. The van der Waals surface area contributed by atoms with Crippen molar-refractivity contribution in [3.63, 3.8) is 0 Å². The fourth-order valence-electron chi connectivity index (χ4n) is 1.85. The third kappa shape index (κ3) is 1.68. The summed E-state index contributed by atoms with van der Waals surface area (Å²) in [4.78, 5) is 0. The zero-order valence-electron chi connectivity index (χ0n) is 8.95. The number of aryl methyl sites for hydroxylation is 1. The molecule has 2 heteroatoms. The number of aliphatic hydroxyl groups is 1. The summed E-state index contributed by atoms with van der Waals surface area (Å²) >= 11 is 0. The van der Waals surface area contributed by atoms with E-state index in [0.717, 1.165) is 22.1 Å². The molecule has 0 aliphatic rings. The monoisotopic (exact) mass is 202 g/mol. The van der Waals surface area contributed by atoms with Gasteiger partial charge >= 0.3 is 0 Å². The molecule has 0 unspecified atom stereocenters. The van der Waals surface area contributed by atoms with Crippen molar-refractivity contribution in [2.24, 2.45) is 0 Å². The van der Waals surface area contributed by atoms with E-state index < -0.39 is 0 Å². The Bertz CT molecular complexity index is 489. The number of fused-ring (bicyclic) bond motifs is 1. The molecule has 78 valence electrons. The first kappa shape index (κ1) is 9.99. The number of hydrogen-bond acceptors (Lipinski definition) is 2. The number of rotatable bonds is 2. The average Bonchev–Trinajstić information content (AvgIpc) is 2.27. The van der Waals surface area contributed by atoms with Gasteiger partial charge in [0, 0.05) is 5.56 Å². The molecular weight excluding hydrogens is 188 g/mol. The van der Waals surface area contributed by atoms with Crippen LogP contribution >= 0.6 is 0 Å². The summed E-state index contributed by atoms with van der Waals surface area (Å²) in [5.41, 5.74) is 2.08. The molecule has 0 aliphatic carbocycles. The minimum Gasteiger partial charge on any atom is -0.496 e. The Balaban J connectivity index is 2.76. The molecule has 1 N–H and O–H groups in total. The van der Waals surface area contributed by atoms with E-state index in [2.05, 4.69) is 13.0 Å². The van der Waals surface area contributed by atoms with Crippen molar-refractivity contribution < 1.29 is 9.84 Å². The van der Waals surface area contributed by atoms with E-state index in [0.29, 0.717) is 0 Å². The molecule has 0 spiro atoms. The van der Waals surface area contributed by atoms with E-state index >= 15 is 0 Å². The molecule has 0 heterocycles. The van der Waals surface area contributed by atoms with E-state index in [1.165, 1.54) is 5.56 Å². The van der Waals surface area contributed by atoms with Gasteiger partial charge in [-0.3, -0.25) is 0 Å². The van der Waals surface area contributed by atoms with Gasteiger partial charge in [0.15, 0.2) is 0 Å². The lowest BCUT2D eigenvalue weighted by atomic mass is 10.0. The van der Waals surface area contributed by atoms with Crippen LogP contribution in [0.2, 0.25) is 0 Å². The quantitative estimate of drug-likeness (QED) is 0.811. The Morgan fingerprint density at radius 3 is 2.67 bits per heavy atom. The Kier molecular flexibility index (Phi) is 2.60. The van der Waals surface area contributed by atoms with Crippen LogP contribution in [0.15, 0.2) is 30.3 Å². The highest BCUT2D eigenvalue weighted by atomic mass is 16.5. The zero-order chi connectivity index (χ0) is 10.8. The van der Waals surface area contributed by atoms with Crippen LogP contribution in [0.4, 0.5) is 0 Å². The summed E-state index contributed by atoms with van der Waals surface area (Å²) in [5.74, 6) is 0.744. The molecule has 2 aromatic carbocycles. The number of aliphatic hydroxyl groups excluding tert-OH is 1. The fourth-order valence-corrected chi connectivity index (χ4v) is 1.85. The molecule has 0 amide bonds. The van der Waals surface area contributed by atoms with Crippen LogP contribution in [0.1, 0.15) is 11.1 Å². The van der Waals surface area contributed by atoms with Crippen LogP contribution in [0.5, 0.6) is 5.75 Å². The topological polar surface area (TPSA) is 29.5 Å². The van der Waals surface area contributed by atoms with Crippen molar-refractivity contribution in [2.45, 2.75) is 13.5 Å². The van der Waals surface area contributed by atoms with Gasteiger partial charge < -0.3 is 9.84 Å². The van der Waals surface area contributed by atoms with Crippen LogP contribution in [-0.2, 0) is 6.61 Å². The second kappa shape index (κ2) is 3.91. The first-order valence-electron chi connectivity index (χ1n) is 4.93. The minimum atomic E-state index is 0.00355. The minimum absolute atomic E-state index is 0.00355. The maximum atomic E-state index is 9.34. The predicted molar refractivity (Wildman–Crippen MR) is 61.2 cm³/mol. The summed E-state index contributed by atoms with van der Waals surface area (Å²) in [6.07, 6.45) is 0. The van der Waals surface area contributed by atoms with Crippen molar-refractivity contribution in [3.05, 3.63) is 41.5 Å². The van der Waals surface area contributed by atoms with E-state index in [1.54, 1.807) is 7.11 Å². The molecule has 0 saturated heterocycles. The third-order valence-corrected chi connectivity index (χ3v) is 2.62. The molecule has 0 bridgehead atoms. The third-order valence-electron chi connectivity index (χ3n) is 2.62. The van der Waals surface area contributed by atoms with Gasteiger partial charge in [0.05, 0.1) is 13.7 Å². The Morgan fingerprint density at radius 2 is 2.00 bits per heavy atom. The normalized spacial score (nSPS) is 10.6. The van der Waals surface area contributed by atoms with Crippen molar-refractivity contribution in [2.75, 3.05) is 7.11 Å². The molecule has 15 heavy (non-hydrogen) atoms. The molecule has 2 rings (SSSR count). The molecule has 0 aliphatic heterocycles. The number of hydrogen-bond donors (Lipinski definition) is 1. The smallest absolute Gasteiger partial charge is 0.125 e. The van der Waals surface area contributed by atoms with Crippen molar-refractivity contribution in [1.29, 1.82) is 0 Å². The second-order valence-electron chi connectivity index (χ2n) is 3.63. The highest BCUT2D eigenvalue weighted by Crippen LogP contribution is 2.28. The van der Waals surface area contributed by atoms with Crippen LogP contribution in [0.25, 0.3) is 10.8 Å². The van der Waals surface area contributed by atoms with Crippen LogP contribution in [0.3, 0.4) is 0 Å². The molecule has 0 atom stereocenters. The fraction of sp³-hybridized carbons (Fsp3) is 0.231. The highest BCUT2D eigenvalue weighted by Gasteiger charge is 2.06. The summed E-state index contributed by atoms with van der Waals surface area (Å²) < 4.78 is 5.21. The lowest BCUT2D eigenvalue weighted by Crippen LogP contribution is -1.93. The van der Waals surface area contributed by atoms with Crippen molar-refractivity contribution in [3.8, 4) is 5.75 Å².